The van der Waals surface area contributed by atoms with Gasteiger partial charge in [0.15, 0.2) is 0 Å². The Morgan fingerprint density at radius 3 is 2.85 bits per heavy atom. The lowest BCUT2D eigenvalue weighted by Crippen LogP contribution is -2.17. The molecule has 0 aliphatic carbocycles. The molecule has 1 amide bonds. The highest BCUT2D eigenvalue weighted by Gasteiger charge is 2.01. The Morgan fingerprint density at radius 1 is 1.25 bits per heavy atom. The third-order valence-electron chi connectivity index (χ3n) is 2.71. The number of aromatic nitrogens is 1. The van der Waals surface area contributed by atoms with Crippen molar-refractivity contribution in [3.63, 3.8) is 0 Å². The third kappa shape index (κ3) is 3.88. The van der Waals surface area contributed by atoms with Crippen molar-refractivity contribution in [3.05, 3.63) is 71.6 Å². The number of allylic oxidation sites excluding steroid dienone is 1. The first-order chi connectivity index (χ1) is 9.77. The molecular formula is C16H15N3O. The Kier molecular flexibility index (Phi) is 4.78. The Hall–Kier alpha value is -2.75. The number of nitrogens with one attached hydrogen (secondary N) is 1. The fourth-order valence-corrected chi connectivity index (χ4v) is 1.62. The topological polar surface area (TPSA) is 54.4 Å². The molecule has 2 rings (SSSR count). The van der Waals surface area contributed by atoms with E-state index < -0.39 is 0 Å². The van der Waals surface area contributed by atoms with Gasteiger partial charge in [-0.15, -0.1) is 0 Å². The van der Waals surface area contributed by atoms with Gasteiger partial charge in [-0.2, -0.15) is 5.10 Å². The molecule has 0 atom stereocenters. The summed E-state index contributed by atoms with van der Waals surface area (Å²) in [6.45, 7) is 2.04. The summed E-state index contributed by atoms with van der Waals surface area (Å²) in [4.78, 5) is 15.5. The van der Waals surface area contributed by atoms with E-state index in [1.54, 1.807) is 30.6 Å². The summed E-state index contributed by atoms with van der Waals surface area (Å²) >= 11 is 0. The van der Waals surface area contributed by atoms with Crippen LogP contribution in [-0.2, 0) is 0 Å². The molecule has 0 spiro atoms. The van der Waals surface area contributed by atoms with E-state index in [0.717, 1.165) is 5.56 Å². The van der Waals surface area contributed by atoms with Crippen LogP contribution in [0.3, 0.4) is 0 Å². The Balaban J connectivity index is 1.89. The second-order valence-corrected chi connectivity index (χ2v) is 4.18. The Bertz CT molecular complexity index is 633. The van der Waals surface area contributed by atoms with E-state index in [1.165, 1.54) is 11.8 Å². The number of rotatable bonds is 4. The summed E-state index contributed by atoms with van der Waals surface area (Å²) in [6, 6.07) is 11.4. The predicted octanol–water partition coefficient (Wildman–Crippen LogP) is 2.82. The number of aryl methyl sites for hydroxylation is 1. The van der Waals surface area contributed by atoms with E-state index in [9.17, 15) is 4.79 Å². The molecule has 0 saturated heterocycles. The van der Waals surface area contributed by atoms with Crippen LogP contribution in [0.1, 0.15) is 21.5 Å². The maximum Gasteiger partial charge on any atom is 0.272 e. The predicted molar refractivity (Wildman–Crippen MR) is 80.4 cm³/mol. The van der Waals surface area contributed by atoms with Crippen LogP contribution in [0, 0.1) is 6.92 Å². The van der Waals surface area contributed by atoms with Crippen molar-refractivity contribution in [1.82, 2.24) is 10.4 Å². The van der Waals surface area contributed by atoms with Gasteiger partial charge in [0.05, 0.1) is 5.56 Å². The van der Waals surface area contributed by atoms with Crippen LogP contribution in [-0.4, -0.2) is 17.1 Å². The lowest BCUT2D eigenvalue weighted by molar-refractivity contribution is 0.0955. The summed E-state index contributed by atoms with van der Waals surface area (Å²) in [5.74, 6) is -0.279. The quantitative estimate of drug-likeness (QED) is 0.682. The molecule has 20 heavy (non-hydrogen) atoms. The SMILES string of the molecule is Cc1ccccc1/C=C/C=N/NC(=O)c1cccnc1. The molecule has 0 radical (unpaired) electrons. The van der Waals surface area contributed by atoms with Crippen LogP contribution < -0.4 is 5.43 Å². The maximum absolute atomic E-state index is 11.6. The average molecular weight is 265 g/mol. The zero-order valence-corrected chi connectivity index (χ0v) is 11.2. The molecule has 0 aliphatic heterocycles. The summed E-state index contributed by atoms with van der Waals surface area (Å²) < 4.78 is 0. The minimum atomic E-state index is -0.279. The number of nitrogens with zero attached hydrogens (tertiary/aromatic N) is 2. The largest absolute Gasteiger partial charge is 0.272 e. The number of hydrogen-bond donors (Lipinski definition) is 1. The van der Waals surface area contributed by atoms with E-state index in [1.807, 2.05) is 37.3 Å². The molecule has 100 valence electrons. The number of hydrogen-bond acceptors (Lipinski definition) is 3. The maximum atomic E-state index is 11.6. The number of amides is 1. The van der Waals surface area contributed by atoms with E-state index in [2.05, 4.69) is 15.5 Å². The fraction of sp³-hybridized carbons (Fsp3) is 0.0625. The Morgan fingerprint density at radius 2 is 2.10 bits per heavy atom. The average Bonchev–Trinajstić information content (AvgIpc) is 2.49. The van der Waals surface area contributed by atoms with Crippen molar-refractivity contribution in [2.24, 2.45) is 5.10 Å². The minimum absolute atomic E-state index is 0.279. The second kappa shape index (κ2) is 6.99. The summed E-state index contributed by atoms with van der Waals surface area (Å²) in [5.41, 5.74) is 5.23. The number of hydrazone groups is 1. The van der Waals surface area contributed by atoms with Gasteiger partial charge in [-0.25, -0.2) is 5.43 Å². The van der Waals surface area contributed by atoms with Crippen LogP contribution in [0.2, 0.25) is 0 Å². The molecule has 4 nitrogen and oxygen atoms in total. The molecule has 1 N–H and O–H groups in total. The standard InChI is InChI=1S/C16H15N3O/c1-13-6-2-3-7-14(13)8-5-11-18-19-16(20)15-9-4-10-17-12-15/h2-12H,1H3,(H,19,20)/b8-5+,18-11+. The molecule has 1 heterocycles. The molecule has 0 bridgehead atoms. The van der Waals surface area contributed by atoms with Crippen molar-refractivity contribution in [2.45, 2.75) is 6.92 Å². The van der Waals surface area contributed by atoms with E-state index >= 15 is 0 Å². The van der Waals surface area contributed by atoms with E-state index in [0.29, 0.717) is 5.56 Å². The van der Waals surface area contributed by atoms with Crippen LogP contribution in [0.5, 0.6) is 0 Å². The van der Waals surface area contributed by atoms with Crippen molar-refractivity contribution in [2.75, 3.05) is 0 Å². The van der Waals surface area contributed by atoms with Gasteiger partial charge in [-0.3, -0.25) is 9.78 Å². The van der Waals surface area contributed by atoms with Crippen molar-refractivity contribution in [3.8, 4) is 0 Å². The minimum Gasteiger partial charge on any atom is -0.267 e. The van der Waals surface area contributed by atoms with E-state index in [-0.39, 0.29) is 5.91 Å². The number of carbonyl (C=O) groups is 1. The first-order valence-corrected chi connectivity index (χ1v) is 6.23. The lowest BCUT2D eigenvalue weighted by atomic mass is 10.1. The van der Waals surface area contributed by atoms with Gasteiger partial charge in [-0.05, 0) is 36.3 Å². The van der Waals surface area contributed by atoms with Crippen LogP contribution in [0.25, 0.3) is 6.08 Å². The molecule has 0 saturated carbocycles. The van der Waals surface area contributed by atoms with Gasteiger partial charge in [0, 0.05) is 18.6 Å². The third-order valence-corrected chi connectivity index (χ3v) is 2.71. The van der Waals surface area contributed by atoms with Gasteiger partial charge < -0.3 is 0 Å². The van der Waals surface area contributed by atoms with Crippen LogP contribution in [0.15, 0.2) is 60.0 Å². The first kappa shape index (κ1) is 13.7. The monoisotopic (exact) mass is 265 g/mol. The molecule has 1 aromatic heterocycles. The summed E-state index contributed by atoms with van der Waals surface area (Å²) in [7, 11) is 0. The fourth-order valence-electron chi connectivity index (χ4n) is 1.62. The molecule has 0 fully saturated rings. The summed E-state index contributed by atoms with van der Waals surface area (Å²) in [6.07, 6.45) is 8.38. The second-order valence-electron chi connectivity index (χ2n) is 4.18. The summed E-state index contributed by atoms with van der Waals surface area (Å²) in [5, 5.41) is 3.85. The van der Waals surface area contributed by atoms with Gasteiger partial charge in [0.25, 0.3) is 5.91 Å². The lowest BCUT2D eigenvalue weighted by Gasteiger charge is -1.98. The van der Waals surface area contributed by atoms with Crippen molar-refractivity contribution >= 4 is 18.2 Å². The molecule has 0 aliphatic rings. The van der Waals surface area contributed by atoms with Gasteiger partial charge in [0.1, 0.15) is 0 Å². The zero-order valence-electron chi connectivity index (χ0n) is 11.2. The smallest absolute Gasteiger partial charge is 0.267 e. The molecule has 1 aromatic carbocycles. The highest BCUT2D eigenvalue weighted by atomic mass is 16.2. The number of carbonyl (C=O) groups excluding carboxylic acids is 1. The van der Waals surface area contributed by atoms with Crippen molar-refractivity contribution < 1.29 is 4.79 Å². The zero-order chi connectivity index (χ0) is 14.2. The highest BCUT2D eigenvalue weighted by Crippen LogP contribution is 2.07. The Labute approximate surface area is 117 Å². The van der Waals surface area contributed by atoms with Crippen LogP contribution >= 0.6 is 0 Å². The number of pyridine rings is 1. The highest BCUT2D eigenvalue weighted by molar-refractivity contribution is 5.94. The van der Waals surface area contributed by atoms with Gasteiger partial charge >= 0.3 is 0 Å². The van der Waals surface area contributed by atoms with Crippen LogP contribution in [0.4, 0.5) is 0 Å². The molecule has 0 unspecified atom stereocenters. The molecular weight excluding hydrogens is 250 g/mol. The van der Waals surface area contributed by atoms with Gasteiger partial charge in [0.2, 0.25) is 0 Å². The molecule has 2 aromatic rings. The molecule has 4 heteroatoms. The first-order valence-electron chi connectivity index (χ1n) is 6.23. The normalized spacial score (nSPS) is 11.1. The van der Waals surface area contributed by atoms with E-state index in [4.69, 9.17) is 0 Å². The van der Waals surface area contributed by atoms with Crippen molar-refractivity contribution in [1.29, 1.82) is 0 Å². The number of benzene rings is 1. The van der Waals surface area contributed by atoms with Gasteiger partial charge in [-0.1, -0.05) is 30.3 Å².